The molecular weight excluding hydrogens is 1220 g/mol. The molecule has 0 saturated heterocycles. The van der Waals surface area contributed by atoms with Crippen LogP contribution in [0.15, 0.2) is 65.0 Å². The lowest BCUT2D eigenvalue weighted by molar-refractivity contribution is -0.142. The van der Waals surface area contributed by atoms with Crippen molar-refractivity contribution in [2.24, 2.45) is 44.8 Å². The number of aliphatic carboxylic acids is 1. The number of allylic oxidation sites excluding steroid dienone is 2. The number of imidazole rings is 1. The normalized spacial score (nSPS) is 13.5. The Morgan fingerprint density at radius 3 is 1.47 bits per heavy atom. The number of H-pyrrole nitrogens is 1. The van der Waals surface area contributed by atoms with E-state index in [4.69, 9.17) is 22.9 Å². The predicted octanol–water partition coefficient (Wildman–Crippen LogP) is 3.24. The number of aromatic amines is 1. The molecule has 0 radical (unpaired) electrons. The largest absolute Gasteiger partial charge is 0.480 e. The van der Waals surface area contributed by atoms with Crippen molar-refractivity contribution in [3.05, 3.63) is 66.3 Å². The number of carboxylic acids is 1. The summed E-state index contributed by atoms with van der Waals surface area (Å²) in [5, 5.41) is 44.8. The van der Waals surface area contributed by atoms with Crippen molar-refractivity contribution in [2.75, 3.05) is 39.3 Å². The number of hydrogen-bond donors (Lipinski definition) is 16. The van der Waals surface area contributed by atoms with Crippen LogP contribution in [0.25, 0.3) is 0 Å². The Labute approximate surface area is 562 Å². The van der Waals surface area contributed by atoms with Gasteiger partial charge in [-0.3, -0.25) is 48.3 Å². The van der Waals surface area contributed by atoms with Crippen LogP contribution in [0.2, 0.25) is 0 Å². The topological polar surface area (TPSA) is 460 Å². The van der Waals surface area contributed by atoms with E-state index in [0.29, 0.717) is 24.2 Å². The lowest BCUT2D eigenvalue weighted by Gasteiger charge is -2.28. The summed E-state index contributed by atoms with van der Waals surface area (Å²) < 4.78 is 0. The van der Waals surface area contributed by atoms with Crippen molar-refractivity contribution < 1.29 is 53.4 Å². The molecule has 20 N–H and O–H groups in total. The van der Waals surface area contributed by atoms with E-state index in [-0.39, 0.29) is 120 Å². The highest BCUT2D eigenvalue weighted by Crippen LogP contribution is 2.14. The van der Waals surface area contributed by atoms with Gasteiger partial charge in [-0.2, -0.15) is 0 Å². The SMILES string of the molecule is CCCCCCCCC/C=C\CCCCCCCCNCC(=O)N[C@@H](CC(C)C)C(=O)N[C@@H](CC(C)C)C(=O)N[C@@H](CCCN=C(N)N)C(=O)N[C@H](CCCN=C(N)N)C(=O)N[C@@H](Cc1cnc[nH]1)C(=O)N[C@@H](CO)C(=O)N[C@@H](CCCCNC(=O)c1ccccc1)C(=O)O. The molecule has 0 saturated carbocycles. The summed E-state index contributed by atoms with van der Waals surface area (Å²) in [7, 11) is 0. The van der Waals surface area contributed by atoms with E-state index < -0.39 is 90.3 Å². The molecule has 1 aromatic carbocycles. The highest BCUT2D eigenvalue weighted by molar-refractivity contribution is 5.98. The molecular formula is C67H115N17O11. The van der Waals surface area contributed by atoms with Crippen LogP contribution in [-0.2, 0) is 44.8 Å². The Kier molecular flexibility index (Phi) is 43.9. The monoisotopic (exact) mass is 1330 g/mol. The molecule has 0 fully saturated rings. The van der Waals surface area contributed by atoms with Gasteiger partial charge in [0, 0.05) is 43.5 Å². The van der Waals surface area contributed by atoms with E-state index in [1.807, 2.05) is 27.7 Å². The summed E-state index contributed by atoms with van der Waals surface area (Å²) >= 11 is 0. The Morgan fingerprint density at radius 2 is 0.968 bits per heavy atom. The molecule has 2 aromatic rings. The van der Waals surface area contributed by atoms with E-state index in [9.17, 15) is 53.4 Å². The van der Waals surface area contributed by atoms with E-state index in [1.165, 1.54) is 76.7 Å². The molecule has 1 heterocycles. The van der Waals surface area contributed by atoms with Crippen molar-refractivity contribution in [3.8, 4) is 0 Å². The predicted molar refractivity (Wildman–Crippen MR) is 369 cm³/mol. The maximum Gasteiger partial charge on any atom is 0.326 e. The third-order valence-electron chi connectivity index (χ3n) is 15.5. The number of rotatable bonds is 54. The van der Waals surface area contributed by atoms with Crippen LogP contribution < -0.4 is 70.8 Å². The van der Waals surface area contributed by atoms with E-state index >= 15 is 0 Å². The summed E-state index contributed by atoms with van der Waals surface area (Å²) in [5.41, 5.74) is 23.2. The van der Waals surface area contributed by atoms with Gasteiger partial charge in [0.15, 0.2) is 11.9 Å². The van der Waals surface area contributed by atoms with Crippen molar-refractivity contribution in [1.29, 1.82) is 0 Å². The highest BCUT2D eigenvalue weighted by Gasteiger charge is 2.35. The molecule has 7 atom stereocenters. The van der Waals surface area contributed by atoms with Crippen LogP contribution in [0, 0.1) is 11.8 Å². The van der Waals surface area contributed by atoms with Crippen molar-refractivity contribution >= 4 is 65.1 Å². The number of nitrogens with one attached hydrogen (secondary N) is 10. The Bertz CT molecular complexity index is 2630. The zero-order valence-corrected chi connectivity index (χ0v) is 57.0. The van der Waals surface area contributed by atoms with Gasteiger partial charge in [0.1, 0.15) is 42.3 Å². The second-order valence-electron chi connectivity index (χ2n) is 25.0. The number of aliphatic hydroxyl groups is 1. The number of guanidine groups is 2. The highest BCUT2D eigenvalue weighted by atomic mass is 16.4. The zero-order valence-electron chi connectivity index (χ0n) is 57.0. The van der Waals surface area contributed by atoms with Gasteiger partial charge in [-0.25, -0.2) is 9.78 Å². The number of hydrogen-bond acceptors (Lipinski definition) is 14. The summed E-state index contributed by atoms with van der Waals surface area (Å²) in [6, 6.07) is -1.14. The quantitative estimate of drug-likeness (QED) is 0.0196. The Morgan fingerprint density at radius 1 is 0.526 bits per heavy atom. The van der Waals surface area contributed by atoms with Crippen LogP contribution >= 0.6 is 0 Å². The Balaban J connectivity index is 2.21. The van der Waals surface area contributed by atoms with E-state index in [0.717, 1.165) is 32.1 Å². The van der Waals surface area contributed by atoms with Gasteiger partial charge < -0.3 is 86.0 Å². The number of carbonyl (C=O) groups excluding carboxylic acids is 8. The number of unbranched alkanes of at least 4 members (excludes halogenated alkanes) is 14. The summed E-state index contributed by atoms with van der Waals surface area (Å²) in [5.74, 6) is -7.81. The fourth-order valence-electron chi connectivity index (χ4n) is 10.4. The van der Waals surface area contributed by atoms with Crippen LogP contribution in [0.1, 0.15) is 205 Å². The standard InChI is InChI=1S/C67H115N17O11/c1-6-7-8-9-10-11-12-13-14-15-16-17-18-19-20-21-26-35-72-43-57(86)78-53(39-46(2)3)61(90)82-54(40-47(4)5)62(91)80-50(33-28-37-75-66(68)69)59(88)79-51(34-29-38-76-67(70)71)60(89)83-55(41-49-42-73-45-77-49)63(92)84-56(44-85)64(93)81-52(65(94)95)32-25-27-36-74-58(87)48-30-23-22-24-31-48/h14-15,22-24,30-31,42,45-47,50-56,72,85H,6-13,16-21,25-29,32-41,43-44H2,1-5H3,(H,73,77)(H,74,87)(H,78,86)(H,79,88)(H,80,91)(H,81,93)(H,82,90)(H,83,89)(H,84,92)(H,94,95)(H4,68,69,75)(H4,70,71,76)/b15-14-/t50-,51+,52-,53-,54-,55-,56-/m0/s1. The molecule has 2 rings (SSSR count). The first-order valence-corrected chi connectivity index (χ1v) is 34.3. The van der Waals surface area contributed by atoms with Crippen molar-refractivity contribution in [3.63, 3.8) is 0 Å². The average Bonchev–Trinajstić information content (AvgIpc) is 1.52. The molecule has 0 bridgehead atoms. The lowest BCUT2D eigenvalue weighted by Crippen LogP contribution is -2.60. The minimum atomic E-state index is -1.70. The third-order valence-corrected chi connectivity index (χ3v) is 15.5. The molecule has 1 aromatic heterocycles. The number of carbonyl (C=O) groups is 9. The molecule has 8 amide bonds. The third kappa shape index (κ3) is 39.4. The van der Waals surface area contributed by atoms with Crippen molar-refractivity contribution in [1.82, 2.24) is 57.8 Å². The first-order valence-electron chi connectivity index (χ1n) is 34.3. The van der Waals surface area contributed by atoms with E-state index in [2.05, 4.69) is 86.9 Å². The smallest absolute Gasteiger partial charge is 0.326 e. The number of benzene rings is 1. The minimum Gasteiger partial charge on any atom is -0.480 e. The number of amides is 8. The van der Waals surface area contributed by atoms with Crippen molar-refractivity contribution in [2.45, 2.75) is 237 Å². The van der Waals surface area contributed by atoms with Gasteiger partial charge in [-0.1, -0.05) is 129 Å². The van der Waals surface area contributed by atoms with Gasteiger partial charge in [0.2, 0.25) is 41.4 Å². The van der Waals surface area contributed by atoms with Crippen LogP contribution in [-0.4, -0.2) is 167 Å². The fourth-order valence-corrected chi connectivity index (χ4v) is 10.4. The number of aromatic nitrogens is 2. The lowest BCUT2D eigenvalue weighted by atomic mass is 9.99. The molecule has 28 nitrogen and oxygen atoms in total. The maximum absolute atomic E-state index is 14.6. The number of nitrogens with zero attached hydrogens (tertiary/aromatic N) is 3. The molecule has 0 aliphatic carbocycles. The zero-order chi connectivity index (χ0) is 70.2. The Hall–Kier alpha value is -8.14. The van der Waals surface area contributed by atoms with Gasteiger partial charge in [0.25, 0.3) is 5.91 Å². The first kappa shape index (κ1) is 83.0. The summed E-state index contributed by atoms with van der Waals surface area (Å²) in [6.45, 7) is 9.69. The van der Waals surface area contributed by atoms with Gasteiger partial charge in [0.05, 0.1) is 19.5 Å². The van der Waals surface area contributed by atoms with Gasteiger partial charge in [-0.15, -0.1) is 0 Å². The minimum absolute atomic E-state index is 0.00654. The summed E-state index contributed by atoms with van der Waals surface area (Å²) in [4.78, 5) is 138. The molecule has 534 valence electrons. The molecule has 95 heavy (non-hydrogen) atoms. The molecule has 0 unspecified atom stereocenters. The summed E-state index contributed by atoms with van der Waals surface area (Å²) in [6.07, 6.45) is 26.3. The van der Waals surface area contributed by atoms with E-state index in [1.54, 1.807) is 30.3 Å². The molecule has 0 aliphatic heterocycles. The number of nitrogens with two attached hydrogens (primary N) is 4. The second-order valence-corrected chi connectivity index (χ2v) is 25.0. The fraction of sp³-hybridized carbons (Fsp3) is 0.672. The van der Waals surface area contributed by atoms with Crippen LogP contribution in [0.5, 0.6) is 0 Å². The molecule has 0 aliphatic rings. The number of carboxylic acid groups (broad SMARTS) is 1. The second kappa shape index (κ2) is 50.3. The van der Waals surface area contributed by atoms with Crippen LogP contribution in [0.4, 0.5) is 0 Å². The van der Waals surface area contributed by atoms with Gasteiger partial charge in [-0.05, 0) is 120 Å². The molecule has 0 spiro atoms. The number of aliphatic imine (C=N–C) groups is 2. The average molecular weight is 1330 g/mol. The number of aliphatic hydroxyl groups excluding tert-OH is 1. The molecule has 28 heteroatoms. The van der Waals surface area contributed by atoms with Crippen LogP contribution in [0.3, 0.4) is 0 Å². The maximum atomic E-state index is 14.6. The van der Waals surface area contributed by atoms with Gasteiger partial charge >= 0.3 is 5.97 Å². The first-order chi connectivity index (χ1) is 45.5.